The summed E-state index contributed by atoms with van der Waals surface area (Å²) in [5, 5.41) is 0. The molecular weight excluding hydrogens is 268 g/mol. The first-order valence-electron chi connectivity index (χ1n) is 5.89. The third kappa shape index (κ3) is 4.44. The number of nitrogen functional groups attached to an aromatic ring is 1. The molecule has 0 heterocycles. The summed E-state index contributed by atoms with van der Waals surface area (Å²) in [5.41, 5.74) is 11.4. The lowest BCUT2D eigenvalue weighted by atomic mass is 10.1. The van der Waals surface area contributed by atoms with Crippen molar-refractivity contribution in [1.82, 2.24) is 0 Å². The van der Waals surface area contributed by atoms with Gasteiger partial charge in [-0.05, 0) is 18.6 Å². The van der Waals surface area contributed by atoms with Crippen LogP contribution in [0.3, 0.4) is 0 Å². The van der Waals surface area contributed by atoms with Gasteiger partial charge in [-0.3, -0.25) is 4.79 Å². The van der Waals surface area contributed by atoms with E-state index in [0.29, 0.717) is 12.1 Å². The van der Waals surface area contributed by atoms with Crippen LogP contribution < -0.4 is 16.2 Å². The van der Waals surface area contributed by atoms with Crippen LogP contribution in [0.2, 0.25) is 0 Å². The number of benzene rings is 1. The van der Waals surface area contributed by atoms with E-state index in [0.717, 1.165) is 0 Å². The van der Waals surface area contributed by atoms with Crippen LogP contribution in [0.25, 0.3) is 0 Å². The molecule has 0 aliphatic carbocycles. The Labute approximate surface area is 112 Å². The smallest absolute Gasteiger partial charge is 0.252 e. The highest BCUT2D eigenvalue weighted by Gasteiger charge is 2.13. The number of carbonyl (C=O) groups is 1. The van der Waals surface area contributed by atoms with Gasteiger partial charge in [0.1, 0.15) is 9.84 Å². The van der Waals surface area contributed by atoms with E-state index in [-0.39, 0.29) is 29.4 Å². The monoisotopic (exact) mass is 286 g/mol. The van der Waals surface area contributed by atoms with Crippen molar-refractivity contribution in [1.29, 1.82) is 0 Å². The standard InChI is InChI=1S/C12H18N2O4S/c1-2-19(16,17)8-4-7-18-11-9(12(14)15)5-3-6-10(11)13/h3,5-6H,2,4,7-8,13H2,1H3,(H2,14,15). The summed E-state index contributed by atoms with van der Waals surface area (Å²) in [6, 6.07) is 4.70. The van der Waals surface area contributed by atoms with Crippen LogP contribution in [0.5, 0.6) is 5.75 Å². The summed E-state index contributed by atoms with van der Waals surface area (Å²) in [5.74, 6) is -0.276. The van der Waals surface area contributed by atoms with E-state index >= 15 is 0 Å². The van der Waals surface area contributed by atoms with Crippen molar-refractivity contribution in [3.05, 3.63) is 23.8 Å². The Bertz CT molecular complexity index is 555. The van der Waals surface area contributed by atoms with Gasteiger partial charge in [-0.25, -0.2) is 8.42 Å². The van der Waals surface area contributed by atoms with E-state index in [2.05, 4.69) is 0 Å². The van der Waals surface area contributed by atoms with Gasteiger partial charge in [0.05, 0.1) is 23.6 Å². The summed E-state index contributed by atoms with van der Waals surface area (Å²) < 4.78 is 28.0. The Morgan fingerprint density at radius 3 is 2.63 bits per heavy atom. The average molecular weight is 286 g/mol. The maximum absolute atomic E-state index is 11.3. The number of sulfone groups is 1. The van der Waals surface area contributed by atoms with Crippen molar-refractivity contribution in [2.75, 3.05) is 23.8 Å². The highest BCUT2D eigenvalue weighted by atomic mass is 32.2. The first kappa shape index (κ1) is 15.3. The molecule has 0 radical (unpaired) electrons. The van der Waals surface area contributed by atoms with Crippen LogP contribution in [0.4, 0.5) is 5.69 Å². The number of primary amides is 1. The van der Waals surface area contributed by atoms with E-state index in [1.807, 2.05) is 0 Å². The number of nitrogens with two attached hydrogens (primary N) is 2. The molecule has 106 valence electrons. The molecule has 0 bridgehead atoms. The highest BCUT2D eigenvalue weighted by Crippen LogP contribution is 2.26. The Hall–Kier alpha value is -1.76. The quantitative estimate of drug-likeness (QED) is 0.562. The average Bonchev–Trinajstić information content (AvgIpc) is 2.35. The molecule has 19 heavy (non-hydrogen) atoms. The molecule has 0 aromatic heterocycles. The minimum Gasteiger partial charge on any atom is -0.491 e. The largest absolute Gasteiger partial charge is 0.491 e. The Morgan fingerprint density at radius 1 is 1.37 bits per heavy atom. The summed E-state index contributed by atoms with van der Waals surface area (Å²) in [6.07, 6.45) is 0.336. The minimum absolute atomic E-state index is 0.0438. The molecule has 0 fully saturated rings. The molecule has 1 amide bonds. The predicted octanol–water partition coefficient (Wildman–Crippen LogP) is 0.571. The lowest BCUT2D eigenvalue weighted by Crippen LogP contribution is -2.16. The van der Waals surface area contributed by atoms with E-state index in [1.54, 1.807) is 19.1 Å². The van der Waals surface area contributed by atoms with Crippen molar-refractivity contribution in [2.45, 2.75) is 13.3 Å². The zero-order valence-corrected chi connectivity index (χ0v) is 11.6. The van der Waals surface area contributed by atoms with Crippen LogP contribution in [-0.4, -0.2) is 32.4 Å². The van der Waals surface area contributed by atoms with Crippen molar-refractivity contribution in [3.8, 4) is 5.75 Å². The lowest BCUT2D eigenvalue weighted by molar-refractivity contribution is 0.0996. The third-order valence-corrected chi connectivity index (χ3v) is 4.39. The first-order valence-corrected chi connectivity index (χ1v) is 7.71. The second kappa shape index (κ2) is 6.42. The fourth-order valence-electron chi connectivity index (χ4n) is 1.51. The maximum Gasteiger partial charge on any atom is 0.252 e. The second-order valence-corrected chi connectivity index (χ2v) is 6.50. The van der Waals surface area contributed by atoms with Gasteiger partial charge in [0.25, 0.3) is 5.91 Å². The number of amides is 1. The second-order valence-electron chi connectivity index (χ2n) is 4.03. The van der Waals surface area contributed by atoms with E-state index in [9.17, 15) is 13.2 Å². The third-order valence-electron chi connectivity index (χ3n) is 2.60. The van der Waals surface area contributed by atoms with E-state index in [1.165, 1.54) is 6.07 Å². The van der Waals surface area contributed by atoms with Crippen molar-refractivity contribution in [3.63, 3.8) is 0 Å². The molecule has 6 nitrogen and oxygen atoms in total. The molecule has 0 aliphatic rings. The summed E-state index contributed by atoms with van der Waals surface area (Å²) >= 11 is 0. The van der Waals surface area contributed by atoms with Crippen LogP contribution in [0.1, 0.15) is 23.7 Å². The number of anilines is 1. The summed E-state index contributed by atoms with van der Waals surface area (Å²) in [7, 11) is -3.01. The lowest BCUT2D eigenvalue weighted by Gasteiger charge is -2.11. The predicted molar refractivity (Wildman–Crippen MR) is 73.8 cm³/mol. The molecule has 7 heteroatoms. The van der Waals surface area contributed by atoms with Crippen molar-refractivity contribution in [2.24, 2.45) is 5.73 Å². The van der Waals surface area contributed by atoms with Gasteiger partial charge < -0.3 is 16.2 Å². The zero-order valence-electron chi connectivity index (χ0n) is 10.8. The molecule has 0 saturated carbocycles. The van der Waals surface area contributed by atoms with E-state index < -0.39 is 15.7 Å². The number of rotatable bonds is 7. The minimum atomic E-state index is -3.01. The van der Waals surface area contributed by atoms with Crippen LogP contribution in [0.15, 0.2) is 18.2 Å². The molecule has 4 N–H and O–H groups in total. The van der Waals surface area contributed by atoms with Gasteiger partial charge >= 0.3 is 0 Å². The summed E-state index contributed by atoms with van der Waals surface area (Å²) in [4.78, 5) is 11.2. The number of carbonyl (C=O) groups excluding carboxylic acids is 1. The van der Waals surface area contributed by atoms with Gasteiger partial charge in [0, 0.05) is 5.75 Å². The molecule has 0 saturated heterocycles. The first-order chi connectivity index (χ1) is 8.87. The molecular formula is C12H18N2O4S. The number of para-hydroxylation sites is 1. The van der Waals surface area contributed by atoms with Crippen LogP contribution >= 0.6 is 0 Å². The molecule has 0 unspecified atom stereocenters. The number of ether oxygens (including phenoxy) is 1. The molecule has 0 atom stereocenters. The highest BCUT2D eigenvalue weighted by molar-refractivity contribution is 7.91. The van der Waals surface area contributed by atoms with Gasteiger partial charge in [-0.15, -0.1) is 0 Å². The Kier molecular flexibility index (Phi) is 5.17. The number of hydrogen-bond donors (Lipinski definition) is 2. The van der Waals surface area contributed by atoms with Crippen LogP contribution in [0, 0.1) is 0 Å². The Balaban J connectivity index is 2.66. The van der Waals surface area contributed by atoms with Crippen molar-refractivity contribution >= 4 is 21.4 Å². The van der Waals surface area contributed by atoms with Gasteiger partial charge in [-0.1, -0.05) is 13.0 Å². The SMILES string of the molecule is CCS(=O)(=O)CCCOc1c(N)cccc1C(N)=O. The van der Waals surface area contributed by atoms with Crippen LogP contribution in [-0.2, 0) is 9.84 Å². The van der Waals surface area contributed by atoms with Gasteiger partial charge in [0.15, 0.2) is 5.75 Å². The fraction of sp³-hybridized carbons (Fsp3) is 0.417. The Morgan fingerprint density at radius 2 is 2.05 bits per heavy atom. The fourth-order valence-corrected chi connectivity index (χ4v) is 2.35. The molecule has 1 aromatic carbocycles. The van der Waals surface area contributed by atoms with Crippen molar-refractivity contribution < 1.29 is 17.9 Å². The normalized spacial score (nSPS) is 11.2. The molecule has 1 rings (SSSR count). The summed E-state index contributed by atoms with van der Waals surface area (Å²) in [6.45, 7) is 1.75. The maximum atomic E-state index is 11.3. The van der Waals surface area contributed by atoms with Gasteiger partial charge in [0.2, 0.25) is 0 Å². The molecule has 0 aliphatic heterocycles. The molecule has 1 aromatic rings. The zero-order chi connectivity index (χ0) is 14.5. The molecule has 0 spiro atoms. The van der Waals surface area contributed by atoms with Gasteiger partial charge in [-0.2, -0.15) is 0 Å². The van der Waals surface area contributed by atoms with E-state index in [4.69, 9.17) is 16.2 Å². The number of hydrogen-bond acceptors (Lipinski definition) is 5. The topological polar surface area (TPSA) is 112 Å².